The van der Waals surface area contributed by atoms with Gasteiger partial charge in [-0.25, -0.2) is 0 Å². The van der Waals surface area contributed by atoms with Crippen LogP contribution in [0.5, 0.6) is 0 Å². The van der Waals surface area contributed by atoms with Crippen LogP contribution >= 0.6 is 0 Å². The third kappa shape index (κ3) is 1.57. The predicted octanol–water partition coefficient (Wildman–Crippen LogP) is 5.95. The molecule has 5 rings (SSSR count). The Morgan fingerprint density at radius 1 is 0.783 bits per heavy atom. The summed E-state index contributed by atoms with van der Waals surface area (Å²) in [5.41, 5.74) is 8.45. The molecule has 0 aliphatic heterocycles. The van der Waals surface area contributed by atoms with Crippen LogP contribution in [0.25, 0.3) is 32.9 Å². The van der Waals surface area contributed by atoms with E-state index in [-0.39, 0.29) is 0 Å². The highest BCUT2D eigenvalue weighted by atomic mass is 15.0. The van der Waals surface area contributed by atoms with E-state index in [9.17, 15) is 0 Å². The molecular formula is C22H19N. The lowest BCUT2D eigenvalue weighted by Gasteiger charge is -2.07. The molecule has 1 aliphatic carbocycles. The topological polar surface area (TPSA) is 4.93 Å². The Kier molecular flexibility index (Phi) is 2.52. The van der Waals surface area contributed by atoms with Crippen molar-refractivity contribution in [3.63, 3.8) is 0 Å². The van der Waals surface area contributed by atoms with Crippen LogP contribution < -0.4 is 0 Å². The summed E-state index contributed by atoms with van der Waals surface area (Å²) in [6, 6.07) is 22.5. The molecule has 0 radical (unpaired) electrons. The third-order valence-corrected chi connectivity index (χ3v) is 5.44. The van der Waals surface area contributed by atoms with E-state index in [0.717, 1.165) is 6.54 Å². The molecule has 112 valence electrons. The van der Waals surface area contributed by atoms with E-state index >= 15 is 0 Å². The van der Waals surface area contributed by atoms with E-state index in [1.165, 1.54) is 44.1 Å². The second kappa shape index (κ2) is 4.48. The lowest BCUT2D eigenvalue weighted by Crippen LogP contribution is -1.93. The smallest absolute Gasteiger partial charge is 0.0497 e. The van der Waals surface area contributed by atoms with Crippen molar-refractivity contribution < 1.29 is 0 Å². The molecule has 1 unspecified atom stereocenters. The fraction of sp³-hybridized carbons (Fsp3) is 0.182. The molecule has 0 N–H and O–H groups in total. The van der Waals surface area contributed by atoms with Gasteiger partial charge in [0, 0.05) is 34.3 Å². The normalized spacial score (nSPS) is 16.0. The fourth-order valence-corrected chi connectivity index (χ4v) is 4.33. The van der Waals surface area contributed by atoms with Gasteiger partial charge < -0.3 is 4.57 Å². The minimum Gasteiger partial charge on any atom is -0.341 e. The Balaban J connectivity index is 1.95. The van der Waals surface area contributed by atoms with Gasteiger partial charge in [-0.3, -0.25) is 0 Å². The van der Waals surface area contributed by atoms with Crippen LogP contribution in [0.2, 0.25) is 0 Å². The number of aromatic nitrogens is 1. The molecule has 0 bridgehead atoms. The highest BCUT2D eigenvalue weighted by Gasteiger charge is 2.26. The van der Waals surface area contributed by atoms with E-state index in [0.29, 0.717) is 5.92 Å². The van der Waals surface area contributed by atoms with Crippen molar-refractivity contribution >= 4 is 21.8 Å². The standard InChI is InChI=1S/C22H19N/c1-3-23-21-11-7-6-10-17(21)20-12-18-14(2)15-8-4-5-9-16(15)19(18)13-22(20)23/h4-14H,3H2,1-2H3. The van der Waals surface area contributed by atoms with Gasteiger partial charge in [0.1, 0.15) is 0 Å². The minimum absolute atomic E-state index is 0.481. The first-order valence-electron chi connectivity index (χ1n) is 8.43. The maximum absolute atomic E-state index is 2.44. The largest absolute Gasteiger partial charge is 0.341 e. The highest BCUT2D eigenvalue weighted by Crippen LogP contribution is 2.47. The number of benzene rings is 3. The first kappa shape index (κ1) is 13.0. The Bertz CT molecular complexity index is 1070. The number of nitrogens with zero attached hydrogens (tertiary/aromatic N) is 1. The van der Waals surface area contributed by atoms with Crippen molar-refractivity contribution in [2.24, 2.45) is 0 Å². The number of fused-ring (bicyclic) bond motifs is 6. The van der Waals surface area contributed by atoms with Gasteiger partial charge >= 0.3 is 0 Å². The SMILES string of the molecule is CCn1c2ccccc2c2cc3c(cc21)-c1ccccc1C3C. The zero-order chi connectivity index (χ0) is 15.6. The molecule has 3 aromatic carbocycles. The molecule has 0 amide bonds. The van der Waals surface area contributed by atoms with Gasteiger partial charge in [0.05, 0.1) is 0 Å². The summed E-state index contributed by atoms with van der Waals surface area (Å²) >= 11 is 0. The molecule has 0 fully saturated rings. The molecular weight excluding hydrogens is 278 g/mol. The van der Waals surface area contributed by atoms with Crippen molar-refractivity contribution in [1.29, 1.82) is 0 Å². The summed E-state index contributed by atoms with van der Waals surface area (Å²) in [5, 5.41) is 2.76. The van der Waals surface area contributed by atoms with Crippen molar-refractivity contribution in [3.05, 3.63) is 71.8 Å². The number of para-hydroxylation sites is 1. The molecule has 1 aromatic heterocycles. The van der Waals surface area contributed by atoms with Crippen LogP contribution in [-0.4, -0.2) is 4.57 Å². The summed E-state index contributed by atoms with van der Waals surface area (Å²) in [7, 11) is 0. The van der Waals surface area contributed by atoms with Gasteiger partial charge in [-0.15, -0.1) is 0 Å². The Labute approximate surface area is 136 Å². The molecule has 23 heavy (non-hydrogen) atoms. The average molecular weight is 297 g/mol. The monoisotopic (exact) mass is 297 g/mol. The van der Waals surface area contributed by atoms with Crippen molar-refractivity contribution in [1.82, 2.24) is 4.57 Å². The molecule has 0 spiro atoms. The lowest BCUT2D eigenvalue weighted by molar-refractivity contribution is 0.827. The Morgan fingerprint density at radius 2 is 1.57 bits per heavy atom. The predicted molar refractivity (Wildman–Crippen MR) is 98.1 cm³/mol. The summed E-state index contributed by atoms with van der Waals surface area (Å²) in [6.07, 6.45) is 0. The van der Waals surface area contributed by atoms with Gasteiger partial charge in [-0.2, -0.15) is 0 Å². The molecule has 1 heterocycles. The summed E-state index contributed by atoms with van der Waals surface area (Å²) < 4.78 is 2.44. The van der Waals surface area contributed by atoms with E-state index in [1.54, 1.807) is 0 Å². The first-order chi connectivity index (χ1) is 11.3. The van der Waals surface area contributed by atoms with E-state index in [2.05, 4.69) is 79.1 Å². The van der Waals surface area contributed by atoms with Gasteiger partial charge in [0.2, 0.25) is 0 Å². The Hall–Kier alpha value is -2.54. The van der Waals surface area contributed by atoms with Gasteiger partial charge in [-0.1, -0.05) is 49.4 Å². The van der Waals surface area contributed by atoms with Gasteiger partial charge in [-0.05, 0) is 47.4 Å². The Morgan fingerprint density at radius 3 is 2.43 bits per heavy atom. The average Bonchev–Trinajstić information content (AvgIpc) is 3.06. The summed E-state index contributed by atoms with van der Waals surface area (Å²) in [6.45, 7) is 5.56. The van der Waals surface area contributed by atoms with Crippen molar-refractivity contribution in [3.8, 4) is 11.1 Å². The number of hydrogen-bond acceptors (Lipinski definition) is 0. The quantitative estimate of drug-likeness (QED) is 0.409. The molecule has 0 saturated carbocycles. The van der Waals surface area contributed by atoms with Crippen LogP contribution in [-0.2, 0) is 6.54 Å². The molecule has 1 nitrogen and oxygen atoms in total. The van der Waals surface area contributed by atoms with Gasteiger partial charge in [0.15, 0.2) is 0 Å². The molecule has 4 aromatic rings. The number of aryl methyl sites for hydroxylation is 1. The molecule has 0 saturated heterocycles. The number of rotatable bonds is 1. The van der Waals surface area contributed by atoms with Crippen molar-refractivity contribution in [2.45, 2.75) is 26.3 Å². The van der Waals surface area contributed by atoms with Crippen molar-refractivity contribution in [2.75, 3.05) is 0 Å². The lowest BCUT2D eigenvalue weighted by atomic mass is 9.98. The highest BCUT2D eigenvalue weighted by molar-refractivity contribution is 6.10. The number of hydrogen-bond donors (Lipinski definition) is 0. The minimum atomic E-state index is 0.481. The molecule has 1 aliphatic rings. The van der Waals surface area contributed by atoms with Gasteiger partial charge in [0.25, 0.3) is 0 Å². The van der Waals surface area contributed by atoms with Crippen LogP contribution in [0.15, 0.2) is 60.7 Å². The zero-order valence-corrected chi connectivity index (χ0v) is 13.5. The second-order valence-electron chi connectivity index (χ2n) is 6.53. The maximum atomic E-state index is 2.44. The van der Waals surface area contributed by atoms with Crippen LogP contribution in [0.1, 0.15) is 30.9 Å². The zero-order valence-electron chi connectivity index (χ0n) is 13.5. The van der Waals surface area contributed by atoms with E-state index in [4.69, 9.17) is 0 Å². The molecule has 1 heteroatoms. The summed E-state index contributed by atoms with van der Waals surface area (Å²) in [4.78, 5) is 0. The second-order valence-corrected chi connectivity index (χ2v) is 6.53. The van der Waals surface area contributed by atoms with Crippen LogP contribution in [0.4, 0.5) is 0 Å². The maximum Gasteiger partial charge on any atom is 0.0497 e. The van der Waals surface area contributed by atoms with E-state index in [1.807, 2.05) is 0 Å². The first-order valence-corrected chi connectivity index (χ1v) is 8.43. The van der Waals surface area contributed by atoms with Crippen LogP contribution in [0.3, 0.4) is 0 Å². The molecule has 1 atom stereocenters. The van der Waals surface area contributed by atoms with Crippen LogP contribution in [0, 0.1) is 0 Å². The summed E-state index contributed by atoms with van der Waals surface area (Å²) in [5.74, 6) is 0.481. The fourth-order valence-electron chi connectivity index (χ4n) is 4.33. The van der Waals surface area contributed by atoms with E-state index < -0.39 is 0 Å². The third-order valence-electron chi connectivity index (χ3n) is 5.44.